The molecule has 0 atom stereocenters. The maximum atomic E-state index is 5.02. The van der Waals surface area contributed by atoms with E-state index >= 15 is 0 Å². The van der Waals surface area contributed by atoms with Crippen LogP contribution in [0, 0.1) is 0 Å². The molecule has 2 heterocycles. The van der Waals surface area contributed by atoms with Crippen LogP contribution in [0.5, 0.6) is 0 Å². The highest BCUT2D eigenvalue weighted by molar-refractivity contribution is 5.25. The van der Waals surface area contributed by atoms with Crippen LogP contribution in [-0.2, 0) is 11.3 Å². The van der Waals surface area contributed by atoms with Crippen molar-refractivity contribution in [2.24, 2.45) is 0 Å². The molecule has 1 aliphatic rings. The van der Waals surface area contributed by atoms with Gasteiger partial charge in [-0.25, -0.2) is 4.98 Å². The number of methoxy groups -OCH3 is 1. The summed E-state index contributed by atoms with van der Waals surface area (Å²) in [4.78, 5) is 6.87. The molecule has 1 fully saturated rings. The number of likely N-dealkylation sites (tertiary alicyclic amines) is 1. The van der Waals surface area contributed by atoms with Gasteiger partial charge in [0.1, 0.15) is 0 Å². The number of aromatic nitrogens is 2. The highest BCUT2D eigenvalue weighted by Crippen LogP contribution is 2.09. The Morgan fingerprint density at radius 3 is 2.94 bits per heavy atom. The van der Waals surface area contributed by atoms with Gasteiger partial charge in [-0.2, -0.15) is 0 Å². The van der Waals surface area contributed by atoms with Crippen LogP contribution in [0.25, 0.3) is 0 Å². The van der Waals surface area contributed by atoms with Crippen molar-refractivity contribution >= 4 is 5.95 Å². The number of nitrogens with zero attached hydrogens (tertiary/aromatic N) is 3. The van der Waals surface area contributed by atoms with Crippen molar-refractivity contribution in [2.45, 2.75) is 25.8 Å². The van der Waals surface area contributed by atoms with E-state index in [-0.39, 0.29) is 0 Å². The van der Waals surface area contributed by atoms with Crippen LogP contribution < -0.4 is 5.32 Å². The second-order valence-corrected chi connectivity index (χ2v) is 4.77. The predicted molar refractivity (Wildman–Crippen MR) is 72.9 cm³/mol. The average molecular weight is 252 g/mol. The summed E-state index contributed by atoms with van der Waals surface area (Å²) in [5.41, 5.74) is 0. The summed E-state index contributed by atoms with van der Waals surface area (Å²) in [5, 5.41) is 3.29. The van der Waals surface area contributed by atoms with Gasteiger partial charge in [0.2, 0.25) is 5.95 Å². The van der Waals surface area contributed by atoms with Gasteiger partial charge >= 0.3 is 0 Å². The van der Waals surface area contributed by atoms with E-state index in [9.17, 15) is 0 Å². The van der Waals surface area contributed by atoms with Crippen LogP contribution in [0.15, 0.2) is 12.4 Å². The first-order valence-electron chi connectivity index (χ1n) is 6.86. The molecule has 0 bridgehead atoms. The van der Waals surface area contributed by atoms with E-state index in [1.807, 2.05) is 12.4 Å². The number of aryl methyl sites for hydroxylation is 1. The number of nitrogens with one attached hydrogen (secondary N) is 1. The molecule has 0 unspecified atom stereocenters. The van der Waals surface area contributed by atoms with Crippen LogP contribution in [-0.4, -0.2) is 54.3 Å². The van der Waals surface area contributed by atoms with Gasteiger partial charge in [0.05, 0.1) is 6.61 Å². The Bertz CT molecular complexity index is 333. The van der Waals surface area contributed by atoms with Gasteiger partial charge in [-0.3, -0.25) is 0 Å². The van der Waals surface area contributed by atoms with Crippen molar-refractivity contribution in [3.8, 4) is 0 Å². The van der Waals surface area contributed by atoms with E-state index in [1.54, 1.807) is 7.11 Å². The fourth-order valence-corrected chi connectivity index (χ4v) is 2.39. The standard InChI is InChI=1S/C13H24N4O/c1-18-12-6-15-13-14-5-11-17(13)10-4-9-16-7-2-3-8-16/h5,11H,2-4,6-10,12H2,1H3,(H,14,15). The topological polar surface area (TPSA) is 42.3 Å². The maximum Gasteiger partial charge on any atom is 0.202 e. The Hall–Kier alpha value is -1.07. The van der Waals surface area contributed by atoms with Crippen molar-refractivity contribution in [1.29, 1.82) is 0 Å². The molecule has 102 valence electrons. The predicted octanol–water partition coefficient (Wildman–Crippen LogP) is 1.43. The van der Waals surface area contributed by atoms with E-state index in [1.165, 1.54) is 38.9 Å². The Kier molecular flexibility index (Phi) is 5.48. The third kappa shape index (κ3) is 3.99. The monoisotopic (exact) mass is 252 g/mol. The number of anilines is 1. The SMILES string of the molecule is COCCNc1nccn1CCCN1CCCC1. The van der Waals surface area contributed by atoms with Crippen LogP contribution in [0.1, 0.15) is 19.3 Å². The van der Waals surface area contributed by atoms with Gasteiger partial charge in [0.25, 0.3) is 0 Å². The highest BCUT2D eigenvalue weighted by Gasteiger charge is 2.10. The fraction of sp³-hybridized carbons (Fsp3) is 0.769. The minimum atomic E-state index is 0.709. The molecule has 0 saturated carbocycles. The van der Waals surface area contributed by atoms with Crippen LogP contribution >= 0.6 is 0 Å². The molecule has 0 aliphatic carbocycles. The number of ether oxygens (including phenoxy) is 1. The Morgan fingerprint density at radius 1 is 1.33 bits per heavy atom. The summed E-state index contributed by atoms with van der Waals surface area (Å²) in [5.74, 6) is 0.952. The largest absolute Gasteiger partial charge is 0.383 e. The van der Waals surface area contributed by atoms with Gasteiger partial charge in [-0.15, -0.1) is 0 Å². The first-order chi connectivity index (χ1) is 8.90. The van der Waals surface area contributed by atoms with Crippen LogP contribution in [0.3, 0.4) is 0 Å². The van der Waals surface area contributed by atoms with Gasteiger partial charge < -0.3 is 19.5 Å². The molecule has 1 N–H and O–H groups in total. The number of hydrogen-bond acceptors (Lipinski definition) is 4. The molecule has 5 heteroatoms. The molecule has 2 rings (SSSR count). The Labute approximate surface area is 109 Å². The summed E-state index contributed by atoms with van der Waals surface area (Å²) in [6.45, 7) is 6.31. The lowest BCUT2D eigenvalue weighted by atomic mass is 10.4. The second-order valence-electron chi connectivity index (χ2n) is 4.77. The molecule has 18 heavy (non-hydrogen) atoms. The maximum absolute atomic E-state index is 5.02. The third-order valence-electron chi connectivity index (χ3n) is 3.38. The van der Waals surface area contributed by atoms with Crippen molar-refractivity contribution < 1.29 is 4.74 Å². The molecular weight excluding hydrogens is 228 g/mol. The van der Waals surface area contributed by atoms with Crippen molar-refractivity contribution in [3.05, 3.63) is 12.4 Å². The minimum Gasteiger partial charge on any atom is -0.383 e. The molecule has 5 nitrogen and oxygen atoms in total. The van der Waals surface area contributed by atoms with E-state index in [0.29, 0.717) is 6.61 Å². The lowest BCUT2D eigenvalue weighted by Gasteiger charge is -2.15. The van der Waals surface area contributed by atoms with Gasteiger partial charge in [-0.1, -0.05) is 0 Å². The van der Waals surface area contributed by atoms with Crippen molar-refractivity contribution in [1.82, 2.24) is 14.5 Å². The molecular formula is C13H24N4O. The van der Waals surface area contributed by atoms with E-state index in [4.69, 9.17) is 4.74 Å². The van der Waals surface area contributed by atoms with E-state index in [2.05, 4.69) is 19.8 Å². The second kappa shape index (κ2) is 7.38. The minimum absolute atomic E-state index is 0.709. The molecule has 1 saturated heterocycles. The first kappa shape index (κ1) is 13.4. The highest BCUT2D eigenvalue weighted by atomic mass is 16.5. The smallest absolute Gasteiger partial charge is 0.202 e. The number of hydrogen-bond donors (Lipinski definition) is 1. The number of imidazole rings is 1. The summed E-state index contributed by atoms with van der Waals surface area (Å²) in [7, 11) is 1.71. The van der Waals surface area contributed by atoms with Gasteiger partial charge in [-0.05, 0) is 38.9 Å². The Morgan fingerprint density at radius 2 is 2.17 bits per heavy atom. The summed E-state index contributed by atoms with van der Waals surface area (Å²) in [6, 6.07) is 0. The molecule has 0 radical (unpaired) electrons. The zero-order chi connectivity index (χ0) is 12.6. The van der Waals surface area contributed by atoms with E-state index < -0.39 is 0 Å². The molecule has 0 amide bonds. The van der Waals surface area contributed by atoms with Crippen molar-refractivity contribution in [2.75, 3.05) is 45.2 Å². The summed E-state index contributed by atoms with van der Waals surface area (Å²) < 4.78 is 7.21. The molecule has 1 aromatic rings. The number of rotatable bonds is 8. The summed E-state index contributed by atoms with van der Waals surface area (Å²) >= 11 is 0. The Balaban J connectivity index is 1.69. The van der Waals surface area contributed by atoms with Gasteiger partial charge in [0, 0.05) is 32.6 Å². The average Bonchev–Trinajstić information content (AvgIpc) is 3.02. The zero-order valence-corrected chi connectivity index (χ0v) is 11.3. The van der Waals surface area contributed by atoms with Gasteiger partial charge in [0.15, 0.2) is 0 Å². The summed E-state index contributed by atoms with van der Waals surface area (Å²) in [6.07, 6.45) is 7.82. The van der Waals surface area contributed by atoms with Crippen LogP contribution in [0.2, 0.25) is 0 Å². The van der Waals surface area contributed by atoms with Crippen molar-refractivity contribution in [3.63, 3.8) is 0 Å². The molecule has 1 aromatic heterocycles. The zero-order valence-electron chi connectivity index (χ0n) is 11.3. The first-order valence-corrected chi connectivity index (χ1v) is 6.86. The molecule has 0 aromatic carbocycles. The normalized spacial score (nSPS) is 16.3. The third-order valence-corrected chi connectivity index (χ3v) is 3.38. The molecule has 0 spiro atoms. The van der Waals surface area contributed by atoms with E-state index in [0.717, 1.165) is 19.0 Å². The van der Waals surface area contributed by atoms with Crippen LogP contribution in [0.4, 0.5) is 5.95 Å². The fourth-order valence-electron chi connectivity index (χ4n) is 2.39. The quantitative estimate of drug-likeness (QED) is 0.711. The lowest BCUT2D eigenvalue weighted by Crippen LogP contribution is -2.22. The molecule has 1 aliphatic heterocycles. The lowest BCUT2D eigenvalue weighted by molar-refractivity contribution is 0.210.